The molecule has 0 radical (unpaired) electrons. The second-order valence-electron chi connectivity index (χ2n) is 4.66. The molecule has 1 fully saturated rings. The molecule has 1 aliphatic rings. The molecule has 1 aliphatic heterocycles. The monoisotopic (exact) mass is 279 g/mol. The lowest BCUT2D eigenvalue weighted by molar-refractivity contribution is -0.145. The molecular formula is C14H17NO5. The minimum atomic E-state index is -0.925. The van der Waals surface area contributed by atoms with Crippen LogP contribution >= 0.6 is 0 Å². The quantitative estimate of drug-likeness (QED) is 0.840. The Morgan fingerprint density at radius 3 is 2.95 bits per heavy atom. The van der Waals surface area contributed by atoms with Gasteiger partial charge in [-0.3, -0.25) is 9.59 Å². The first-order chi connectivity index (χ1) is 9.54. The van der Waals surface area contributed by atoms with Crippen LogP contribution < -0.4 is 0 Å². The summed E-state index contributed by atoms with van der Waals surface area (Å²) in [5, 5.41) is 8.74. The average Bonchev–Trinajstić information content (AvgIpc) is 2.81. The molecule has 2 rings (SSSR count). The Labute approximate surface area is 116 Å². The van der Waals surface area contributed by atoms with Crippen LogP contribution in [0.2, 0.25) is 0 Å². The van der Waals surface area contributed by atoms with Crippen molar-refractivity contribution in [3.05, 3.63) is 29.7 Å². The highest BCUT2D eigenvalue weighted by atomic mass is 16.5. The number of furan rings is 1. The van der Waals surface area contributed by atoms with Gasteiger partial charge in [-0.1, -0.05) is 0 Å². The van der Waals surface area contributed by atoms with E-state index in [9.17, 15) is 9.59 Å². The van der Waals surface area contributed by atoms with E-state index in [0.29, 0.717) is 25.5 Å². The van der Waals surface area contributed by atoms with E-state index in [1.54, 1.807) is 17.0 Å². The zero-order valence-electron chi connectivity index (χ0n) is 11.2. The molecule has 2 heterocycles. The van der Waals surface area contributed by atoms with Crippen LogP contribution in [0.25, 0.3) is 6.08 Å². The minimum Gasteiger partial charge on any atom is -0.481 e. The number of carbonyl (C=O) groups excluding carboxylic acids is 1. The Kier molecular flexibility index (Phi) is 4.57. The van der Waals surface area contributed by atoms with Gasteiger partial charge in [0.1, 0.15) is 11.5 Å². The third kappa shape index (κ3) is 3.96. The molecule has 108 valence electrons. The largest absolute Gasteiger partial charge is 0.481 e. The molecule has 0 aliphatic carbocycles. The first-order valence-electron chi connectivity index (χ1n) is 6.41. The number of amides is 1. The molecule has 1 aromatic heterocycles. The summed E-state index contributed by atoms with van der Waals surface area (Å²) in [6.07, 6.45) is 2.51. The fourth-order valence-electron chi connectivity index (χ4n) is 2.04. The highest BCUT2D eigenvalue weighted by Crippen LogP contribution is 2.11. The topological polar surface area (TPSA) is 80.0 Å². The molecule has 1 saturated heterocycles. The van der Waals surface area contributed by atoms with Crippen LogP contribution in [0.3, 0.4) is 0 Å². The molecule has 1 atom stereocenters. The van der Waals surface area contributed by atoms with Crippen molar-refractivity contribution >= 4 is 18.0 Å². The maximum absolute atomic E-state index is 12.0. The van der Waals surface area contributed by atoms with E-state index >= 15 is 0 Å². The number of aryl methyl sites for hydroxylation is 1. The molecule has 1 N–H and O–H groups in total. The van der Waals surface area contributed by atoms with Crippen molar-refractivity contribution in [2.24, 2.45) is 0 Å². The number of morpholine rings is 1. The normalized spacial score (nSPS) is 19.4. The van der Waals surface area contributed by atoms with Gasteiger partial charge in [0.15, 0.2) is 0 Å². The number of rotatable bonds is 4. The molecule has 6 nitrogen and oxygen atoms in total. The maximum Gasteiger partial charge on any atom is 0.306 e. The van der Waals surface area contributed by atoms with Gasteiger partial charge in [0, 0.05) is 19.2 Å². The van der Waals surface area contributed by atoms with Crippen molar-refractivity contribution < 1.29 is 23.8 Å². The van der Waals surface area contributed by atoms with E-state index in [4.69, 9.17) is 14.3 Å². The molecule has 6 heteroatoms. The standard InChI is InChI=1S/C14H17NO5/c1-10-2-3-11(20-10)4-5-13(16)15-6-7-19-12(9-15)8-14(17)18/h2-5,12H,6-9H2,1H3,(H,17,18)/b5-4+/t12-/m0/s1. The SMILES string of the molecule is Cc1ccc(/C=C/C(=O)N2CCO[C@@H](CC(=O)O)C2)o1. The van der Waals surface area contributed by atoms with Gasteiger partial charge >= 0.3 is 5.97 Å². The van der Waals surface area contributed by atoms with Gasteiger partial charge in [0.05, 0.1) is 19.1 Å². The number of aliphatic carboxylic acids is 1. The van der Waals surface area contributed by atoms with Gasteiger partial charge in [-0.25, -0.2) is 0 Å². The molecule has 0 saturated carbocycles. The van der Waals surface area contributed by atoms with Gasteiger partial charge in [0.2, 0.25) is 5.91 Å². The molecule has 20 heavy (non-hydrogen) atoms. The predicted octanol–water partition coefficient (Wildman–Crippen LogP) is 1.30. The van der Waals surface area contributed by atoms with Crippen molar-refractivity contribution in [3.8, 4) is 0 Å². The van der Waals surface area contributed by atoms with Crippen LogP contribution in [-0.2, 0) is 14.3 Å². The Morgan fingerprint density at radius 1 is 1.50 bits per heavy atom. The van der Waals surface area contributed by atoms with E-state index in [0.717, 1.165) is 5.76 Å². The van der Waals surface area contributed by atoms with Gasteiger partial charge in [-0.05, 0) is 25.1 Å². The Balaban J connectivity index is 1.91. The number of hydrogen-bond donors (Lipinski definition) is 1. The van der Waals surface area contributed by atoms with Gasteiger partial charge in [-0.2, -0.15) is 0 Å². The van der Waals surface area contributed by atoms with Crippen LogP contribution in [0, 0.1) is 6.92 Å². The summed E-state index contributed by atoms with van der Waals surface area (Å²) < 4.78 is 10.7. The molecule has 1 amide bonds. The Bertz CT molecular complexity index is 519. The van der Waals surface area contributed by atoms with E-state index in [-0.39, 0.29) is 12.3 Å². The van der Waals surface area contributed by atoms with E-state index in [2.05, 4.69) is 0 Å². The number of ether oxygens (including phenoxy) is 1. The summed E-state index contributed by atoms with van der Waals surface area (Å²) in [6, 6.07) is 3.60. The molecular weight excluding hydrogens is 262 g/mol. The van der Waals surface area contributed by atoms with Crippen molar-refractivity contribution in [2.45, 2.75) is 19.4 Å². The van der Waals surface area contributed by atoms with Gasteiger partial charge in [0.25, 0.3) is 0 Å². The van der Waals surface area contributed by atoms with Crippen LogP contribution in [0.1, 0.15) is 17.9 Å². The molecule has 0 bridgehead atoms. The van der Waals surface area contributed by atoms with E-state index in [1.807, 2.05) is 13.0 Å². The zero-order chi connectivity index (χ0) is 14.5. The van der Waals surface area contributed by atoms with E-state index in [1.165, 1.54) is 6.08 Å². The first-order valence-corrected chi connectivity index (χ1v) is 6.41. The molecule has 0 unspecified atom stereocenters. The van der Waals surface area contributed by atoms with E-state index < -0.39 is 12.1 Å². The summed E-state index contributed by atoms with van der Waals surface area (Å²) >= 11 is 0. The summed E-state index contributed by atoms with van der Waals surface area (Å²) in [6.45, 7) is 2.96. The minimum absolute atomic E-state index is 0.0924. The van der Waals surface area contributed by atoms with Crippen molar-refractivity contribution in [2.75, 3.05) is 19.7 Å². The second kappa shape index (κ2) is 6.38. The Hall–Kier alpha value is -2.08. The summed E-state index contributed by atoms with van der Waals surface area (Å²) in [4.78, 5) is 24.2. The predicted molar refractivity (Wildman–Crippen MR) is 71.1 cm³/mol. The second-order valence-corrected chi connectivity index (χ2v) is 4.66. The lowest BCUT2D eigenvalue weighted by atomic mass is 10.2. The molecule has 1 aromatic rings. The van der Waals surface area contributed by atoms with Crippen molar-refractivity contribution in [3.63, 3.8) is 0 Å². The fraction of sp³-hybridized carbons (Fsp3) is 0.429. The third-order valence-corrected chi connectivity index (χ3v) is 3.00. The maximum atomic E-state index is 12.0. The first kappa shape index (κ1) is 14.3. The Morgan fingerprint density at radius 2 is 2.30 bits per heavy atom. The zero-order valence-corrected chi connectivity index (χ0v) is 11.2. The number of nitrogens with zero attached hydrogens (tertiary/aromatic N) is 1. The number of hydrogen-bond acceptors (Lipinski definition) is 4. The lowest BCUT2D eigenvalue weighted by Gasteiger charge is -2.31. The van der Waals surface area contributed by atoms with Gasteiger partial charge in [-0.15, -0.1) is 0 Å². The van der Waals surface area contributed by atoms with Crippen LogP contribution in [-0.4, -0.2) is 47.7 Å². The number of carboxylic acid groups (broad SMARTS) is 1. The van der Waals surface area contributed by atoms with Crippen molar-refractivity contribution in [1.29, 1.82) is 0 Å². The van der Waals surface area contributed by atoms with Crippen LogP contribution in [0.4, 0.5) is 0 Å². The highest BCUT2D eigenvalue weighted by molar-refractivity contribution is 5.91. The van der Waals surface area contributed by atoms with Gasteiger partial charge < -0.3 is 19.2 Å². The highest BCUT2D eigenvalue weighted by Gasteiger charge is 2.24. The molecule has 0 spiro atoms. The third-order valence-electron chi connectivity index (χ3n) is 3.00. The number of carboxylic acids is 1. The van der Waals surface area contributed by atoms with Crippen LogP contribution in [0.15, 0.2) is 22.6 Å². The summed E-state index contributed by atoms with van der Waals surface area (Å²) in [5.41, 5.74) is 0. The summed E-state index contributed by atoms with van der Waals surface area (Å²) in [7, 11) is 0. The smallest absolute Gasteiger partial charge is 0.306 e. The molecule has 0 aromatic carbocycles. The average molecular weight is 279 g/mol. The lowest BCUT2D eigenvalue weighted by Crippen LogP contribution is -2.45. The number of carbonyl (C=O) groups is 2. The van der Waals surface area contributed by atoms with Crippen LogP contribution in [0.5, 0.6) is 0 Å². The summed E-state index contributed by atoms with van der Waals surface area (Å²) in [5.74, 6) is 0.305. The van der Waals surface area contributed by atoms with Crippen molar-refractivity contribution in [1.82, 2.24) is 4.90 Å². The fourth-order valence-corrected chi connectivity index (χ4v) is 2.04.